The third-order valence-corrected chi connectivity index (χ3v) is 9.40. The molecule has 2 amide bonds. The van der Waals surface area contributed by atoms with Gasteiger partial charge in [-0.2, -0.15) is 4.31 Å². The van der Waals surface area contributed by atoms with E-state index in [1.807, 2.05) is 24.3 Å². The largest absolute Gasteiger partial charge is 0.465 e. The summed E-state index contributed by atoms with van der Waals surface area (Å²) in [4.78, 5) is 42.4. The van der Waals surface area contributed by atoms with Crippen molar-refractivity contribution in [3.63, 3.8) is 0 Å². The summed E-state index contributed by atoms with van der Waals surface area (Å²) < 4.78 is 33.7. The van der Waals surface area contributed by atoms with Crippen LogP contribution in [0.15, 0.2) is 77.8 Å². The lowest BCUT2D eigenvalue weighted by atomic mass is 10.1. The molecule has 4 aromatic rings. The fraction of sp³-hybridized carbons (Fsp3) is 0.179. The molecule has 1 saturated heterocycles. The van der Waals surface area contributed by atoms with Gasteiger partial charge in [0.05, 0.1) is 29.8 Å². The Balaban J connectivity index is 1.51. The number of fused-ring (bicyclic) bond motifs is 1. The van der Waals surface area contributed by atoms with Crippen LogP contribution in [0.1, 0.15) is 22.3 Å². The average molecular weight is 600 g/mol. The number of carbonyl (C=O) groups excluding carboxylic acids is 3. The molecular formula is C28H23Cl2N3O6S. The van der Waals surface area contributed by atoms with Crippen molar-refractivity contribution in [3.05, 3.63) is 94.1 Å². The van der Waals surface area contributed by atoms with E-state index in [9.17, 15) is 22.8 Å². The minimum Gasteiger partial charge on any atom is -0.465 e. The van der Waals surface area contributed by atoms with Crippen LogP contribution in [-0.4, -0.2) is 55.2 Å². The predicted octanol–water partition coefficient (Wildman–Crippen LogP) is 4.83. The number of halogens is 2. The Morgan fingerprint density at radius 1 is 1.07 bits per heavy atom. The molecule has 1 aromatic heterocycles. The van der Waals surface area contributed by atoms with Crippen molar-refractivity contribution in [2.24, 2.45) is 0 Å². The number of methoxy groups -OCH3 is 1. The zero-order chi connectivity index (χ0) is 28.6. The molecule has 206 valence electrons. The van der Waals surface area contributed by atoms with Crippen molar-refractivity contribution in [3.8, 4) is 0 Å². The van der Waals surface area contributed by atoms with Crippen LogP contribution in [0.25, 0.3) is 10.9 Å². The van der Waals surface area contributed by atoms with Gasteiger partial charge in [0.2, 0.25) is 15.9 Å². The maximum atomic E-state index is 14.0. The topological polar surface area (TPSA) is 117 Å². The SMILES string of the molecule is COC(=O)c1ccc(N2C(=O)CC(N(CCc3c[nH]c4ccccc34)S(=O)(=O)c3cc(Cl)ccc3Cl)C2=O)cc1. The number of para-hydroxylation sites is 1. The van der Waals surface area contributed by atoms with Crippen LogP contribution in [0, 0.1) is 0 Å². The minimum absolute atomic E-state index is 0.0616. The third kappa shape index (κ3) is 5.11. The lowest BCUT2D eigenvalue weighted by molar-refractivity contribution is -0.122. The van der Waals surface area contributed by atoms with Crippen molar-refractivity contribution >= 4 is 67.6 Å². The maximum absolute atomic E-state index is 14.0. The Bertz CT molecular complexity index is 1740. The first kappa shape index (κ1) is 27.9. The van der Waals surface area contributed by atoms with E-state index >= 15 is 0 Å². The summed E-state index contributed by atoms with van der Waals surface area (Å²) >= 11 is 12.4. The number of nitrogens with zero attached hydrogens (tertiary/aromatic N) is 2. The van der Waals surface area contributed by atoms with Crippen LogP contribution in [0.5, 0.6) is 0 Å². The summed E-state index contributed by atoms with van der Waals surface area (Å²) in [5, 5.41) is 1.01. The number of anilines is 1. The summed E-state index contributed by atoms with van der Waals surface area (Å²) in [6.45, 7) is -0.105. The van der Waals surface area contributed by atoms with Gasteiger partial charge in [0.15, 0.2) is 0 Å². The van der Waals surface area contributed by atoms with Gasteiger partial charge in [-0.05, 0) is 60.5 Å². The fourth-order valence-corrected chi connectivity index (χ4v) is 7.11. The Labute approximate surface area is 240 Å². The number of amides is 2. The molecule has 1 N–H and O–H groups in total. The van der Waals surface area contributed by atoms with Crippen LogP contribution < -0.4 is 4.90 Å². The molecule has 1 atom stereocenters. The van der Waals surface area contributed by atoms with Gasteiger partial charge >= 0.3 is 5.97 Å². The summed E-state index contributed by atoms with van der Waals surface area (Å²) in [6, 6.07) is 16.0. The van der Waals surface area contributed by atoms with E-state index in [1.54, 1.807) is 6.20 Å². The smallest absolute Gasteiger partial charge is 0.337 e. The van der Waals surface area contributed by atoms with Gasteiger partial charge in [-0.3, -0.25) is 9.59 Å². The first-order valence-electron chi connectivity index (χ1n) is 12.2. The summed E-state index contributed by atoms with van der Waals surface area (Å²) in [5.41, 5.74) is 2.18. The first-order valence-corrected chi connectivity index (χ1v) is 14.4. The zero-order valence-corrected chi connectivity index (χ0v) is 23.5. The lowest BCUT2D eigenvalue weighted by Crippen LogP contribution is -2.46. The monoisotopic (exact) mass is 599 g/mol. The number of aromatic amines is 1. The normalized spacial score (nSPS) is 15.8. The summed E-state index contributed by atoms with van der Waals surface area (Å²) in [6.07, 6.45) is 1.68. The summed E-state index contributed by atoms with van der Waals surface area (Å²) in [7, 11) is -3.14. The molecule has 0 bridgehead atoms. The Morgan fingerprint density at radius 2 is 1.80 bits per heavy atom. The van der Waals surface area contributed by atoms with Crippen LogP contribution >= 0.6 is 23.2 Å². The van der Waals surface area contributed by atoms with Crippen molar-refractivity contribution in [1.82, 2.24) is 9.29 Å². The number of benzene rings is 3. The summed E-state index contributed by atoms with van der Waals surface area (Å²) in [5.74, 6) is -1.86. The number of H-pyrrole nitrogens is 1. The number of esters is 1. The fourth-order valence-electron chi connectivity index (χ4n) is 4.79. The molecule has 3 aromatic carbocycles. The highest BCUT2D eigenvalue weighted by atomic mass is 35.5. The highest BCUT2D eigenvalue weighted by Crippen LogP contribution is 2.33. The molecular weight excluding hydrogens is 577 g/mol. The zero-order valence-electron chi connectivity index (χ0n) is 21.1. The van der Waals surface area contributed by atoms with Crippen LogP contribution in [0.2, 0.25) is 10.0 Å². The van der Waals surface area contributed by atoms with Crippen LogP contribution in [0.3, 0.4) is 0 Å². The molecule has 1 unspecified atom stereocenters. The molecule has 1 aliphatic heterocycles. The van der Waals surface area contributed by atoms with Gasteiger partial charge in [0.1, 0.15) is 10.9 Å². The predicted molar refractivity (Wildman–Crippen MR) is 151 cm³/mol. The molecule has 0 aliphatic carbocycles. The van der Waals surface area contributed by atoms with Crippen molar-refractivity contribution in [1.29, 1.82) is 0 Å². The minimum atomic E-state index is -4.38. The van der Waals surface area contributed by atoms with E-state index in [4.69, 9.17) is 27.9 Å². The molecule has 0 radical (unpaired) electrons. The van der Waals surface area contributed by atoms with Gasteiger partial charge in [-0.15, -0.1) is 0 Å². The number of hydrogen-bond acceptors (Lipinski definition) is 6. The Hall–Kier alpha value is -3.70. The van der Waals surface area contributed by atoms with Gasteiger partial charge in [0, 0.05) is 28.7 Å². The molecule has 40 heavy (non-hydrogen) atoms. The van der Waals surface area contributed by atoms with E-state index in [-0.39, 0.29) is 45.6 Å². The van der Waals surface area contributed by atoms with E-state index < -0.39 is 33.8 Å². The van der Waals surface area contributed by atoms with Crippen LogP contribution in [-0.2, 0) is 30.8 Å². The van der Waals surface area contributed by atoms with E-state index in [0.29, 0.717) is 0 Å². The van der Waals surface area contributed by atoms with Gasteiger partial charge in [0.25, 0.3) is 5.91 Å². The standard InChI is InChI=1S/C28H23Cl2N3O6S/c1-39-28(36)17-6-9-20(10-7-17)33-26(34)15-24(27(33)35)32(40(37,38)25-14-19(29)8-11-22(25)30)13-12-18-16-31-23-5-3-2-4-21(18)23/h2-11,14,16,24,31H,12-13,15H2,1H3. The quantitative estimate of drug-likeness (QED) is 0.229. The Morgan fingerprint density at radius 3 is 2.52 bits per heavy atom. The van der Waals surface area contributed by atoms with Gasteiger partial charge in [-0.1, -0.05) is 41.4 Å². The number of ether oxygens (including phenoxy) is 1. The van der Waals surface area contributed by atoms with E-state index in [1.165, 1.54) is 49.6 Å². The number of hydrogen-bond donors (Lipinski definition) is 1. The highest BCUT2D eigenvalue weighted by Gasteiger charge is 2.47. The van der Waals surface area contributed by atoms with Gasteiger partial charge < -0.3 is 9.72 Å². The maximum Gasteiger partial charge on any atom is 0.337 e. The van der Waals surface area contributed by atoms with Gasteiger partial charge in [-0.25, -0.2) is 18.1 Å². The van der Waals surface area contributed by atoms with Crippen LogP contribution in [0.4, 0.5) is 5.69 Å². The number of carbonyl (C=O) groups is 3. The molecule has 0 saturated carbocycles. The van der Waals surface area contributed by atoms with Crippen molar-refractivity contribution in [2.75, 3.05) is 18.6 Å². The number of sulfonamides is 1. The average Bonchev–Trinajstić information content (AvgIpc) is 3.49. The third-order valence-electron chi connectivity index (χ3n) is 6.77. The van der Waals surface area contributed by atoms with Crippen molar-refractivity contribution in [2.45, 2.75) is 23.8 Å². The lowest BCUT2D eigenvalue weighted by Gasteiger charge is -2.27. The number of nitrogens with one attached hydrogen (secondary N) is 1. The molecule has 2 heterocycles. The molecule has 12 heteroatoms. The van der Waals surface area contributed by atoms with E-state index in [0.717, 1.165) is 25.7 Å². The second-order valence-corrected chi connectivity index (χ2v) is 11.8. The molecule has 9 nitrogen and oxygen atoms in total. The second-order valence-electron chi connectivity index (χ2n) is 9.13. The molecule has 0 spiro atoms. The number of aromatic nitrogens is 1. The molecule has 1 aliphatic rings. The number of rotatable bonds is 8. The first-order chi connectivity index (χ1) is 19.1. The Kier molecular flexibility index (Phi) is 7.70. The number of imide groups is 1. The van der Waals surface area contributed by atoms with E-state index in [2.05, 4.69) is 4.98 Å². The highest BCUT2D eigenvalue weighted by molar-refractivity contribution is 7.89. The second kappa shape index (κ2) is 11.1. The molecule has 1 fully saturated rings. The molecule has 5 rings (SSSR count). The van der Waals surface area contributed by atoms with Crippen molar-refractivity contribution < 1.29 is 27.5 Å².